The molecular formula is C13H16OS. The van der Waals surface area contributed by atoms with Gasteiger partial charge in [-0.25, -0.2) is 0 Å². The maximum atomic E-state index is 5.26. The van der Waals surface area contributed by atoms with Gasteiger partial charge in [0.1, 0.15) is 0 Å². The Morgan fingerprint density at radius 2 is 1.80 bits per heavy atom. The SMILES string of the molecule is SC1(c2ccc3c(c2)CCCC3)COC1. The van der Waals surface area contributed by atoms with E-state index >= 15 is 0 Å². The highest BCUT2D eigenvalue weighted by molar-refractivity contribution is 7.81. The lowest BCUT2D eigenvalue weighted by Crippen LogP contribution is -2.41. The Morgan fingerprint density at radius 3 is 2.47 bits per heavy atom. The Morgan fingerprint density at radius 1 is 1.07 bits per heavy atom. The Balaban J connectivity index is 1.97. The van der Waals surface area contributed by atoms with Crippen LogP contribution in [0.4, 0.5) is 0 Å². The van der Waals surface area contributed by atoms with Gasteiger partial charge < -0.3 is 4.74 Å². The molecule has 1 aromatic carbocycles. The molecule has 0 N–H and O–H groups in total. The fraction of sp³-hybridized carbons (Fsp3) is 0.538. The molecule has 0 radical (unpaired) electrons. The van der Waals surface area contributed by atoms with E-state index in [4.69, 9.17) is 17.4 Å². The molecule has 1 fully saturated rings. The highest BCUT2D eigenvalue weighted by Crippen LogP contribution is 2.37. The summed E-state index contributed by atoms with van der Waals surface area (Å²) in [4.78, 5) is 0. The molecule has 0 atom stereocenters. The van der Waals surface area contributed by atoms with Gasteiger partial charge in [-0.1, -0.05) is 18.2 Å². The number of aryl methyl sites for hydroxylation is 2. The van der Waals surface area contributed by atoms with Gasteiger partial charge in [-0.05, 0) is 42.4 Å². The standard InChI is InChI=1S/C13H16OS/c15-13(8-14-9-13)12-6-5-10-3-1-2-4-11(10)7-12/h5-7,15H,1-4,8-9H2. The molecule has 0 amide bonds. The van der Waals surface area contributed by atoms with Gasteiger partial charge >= 0.3 is 0 Å². The van der Waals surface area contributed by atoms with Crippen molar-refractivity contribution in [3.05, 3.63) is 34.9 Å². The molecule has 1 heterocycles. The fourth-order valence-electron chi connectivity index (χ4n) is 2.48. The molecule has 0 saturated carbocycles. The van der Waals surface area contributed by atoms with Crippen LogP contribution in [0.2, 0.25) is 0 Å². The fourth-order valence-corrected chi connectivity index (χ4v) is 2.81. The summed E-state index contributed by atoms with van der Waals surface area (Å²) >= 11 is 4.71. The van der Waals surface area contributed by atoms with Crippen LogP contribution >= 0.6 is 12.6 Å². The first-order chi connectivity index (χ1) is 7.28. The van der Waals surface area contributed by atoms with E-state index in [-0.39, 0.29) is 4.75 Å². The van der Waals surface area contributed by atoms with Crippen molar-refractivity contribution in [3.8, 4) is 0 Å². The molecular weight excluding hydrogens is 204 g/mol. The molecule has 0 aromatic heterocycles. The minimum Gasteiger partial charge on any atom is -0.378 e. The number of hydrogen-bond acceptors (Lipinski definition) is 2. The van der Waals surface area contributed by atoms with E-state index in [2.05, 4.69) is 18.2 Å². The summed E-state index contributed by atoms with van der Waals surface area (Å²) in [7, 11) is 0. The maximum Gasteiger partial charge on any atom is 0.0844 e. The molecule has 2 heteroatoms. The molecule has 1 aliphatic carbocycles. The van der Waals surface area contributed by atoms with Gasteiger partial charge in [0.25, 0.3) is 0 Å². The number of rotatable bonds is 1. The second-order valence-corrected chi connectivity index (χ2v) is 5.57. The zero-order valence-electron chi connectivity index (χ0n) is 8.83. The van der Waals surface area contributed by atoms with Crippen LogP contribution in [0.15, 0.2) is 18.2 Å². The van der Waals surface area contributed by atoms with Gasteiger partial charge in [0.15, 0.2) is 0 Å². The van der Waals surface area contributed by atoms with E-state index in [0.717, 1.165) is 13.2 Å². The Labute approximate surface area is 96.2 Å². The van der Waals surface area contributed by atoms with Crippen molar-refractivity contribution in [1.82, 2.24) is 0 Å². The van der Waals surface area contributed by atoms with Crippen molar-refractivity contribution in [1.29, 1.82) is 0 Å². The molecule has 3 rings (SSSR count). The summed E-state index contributed by atoms with van der Waals surface area (Å²) in [6.45, 7) is 1.52. The van der Waals surface area contributed by atoms with Crippen molar-refractivity contribution in [2.24, 2.45) is 0 Å². The molecule has 0 unspecified atom stereocenters. The number of benzene rings is 1. The van der Waals surface area contributed by atoms with Gasteiger partial charge in [-0.15, -0.1) is 0 Å². The second-order valence-electron chi connectivity index (χ2n) is 4.71. The summed E-state index contributed by atoms with van der Waals surface area (Å²) in [5, 5.41) is 0. The lowest BCUT2D eigenvalue weighted by molar-refractivity contribution is -0.00973. The van der Waals surface area contributed by atoms with Crippen LogP contribution in [-0.2, 0) is 22.3 Å². The Hall–Kier alpha value is -0.470. The van der Waals surface area contributed by atoms with Crippen LogP contribution in [0.1, 0.15) is 29.5 Å². The summed E-state index contributed by atoms with van der Waals surface area (Å²) < 4.78 is 5.25. The molecule has 1 nitrogen and oxygen atoms in total. The molecule has 2 aliphatic rings. The van der Waals surface area contributed by atoms with Crippen molar-refractivity contribution >= 4 is 12.6 Å². The molecule has 0 spiro atoms. The summed E-state index contributed by atoms with van der Waals surface area (Å²) in [5.41, 5.74) is 4.43. The van der Waals surface area contributed by atoms with E-state index in [1.807, 2.05) is 0 Å². The van der Waals surface area contributed by atoms with Gasteiger partial charge in [0, 0.05) is 0 Å². The second kappa shape index (κ2) is 3.53. The summed E-state index contributed by atoms with van der Waals surface area (Å²) in [6.07, 6.45) is 5.19. The normalized spacial score (nSPS) is 23.0. The maximum absolute atomic E-state index is 5.26. The highest BCUT2D eigenvalue weighted by Gasteiger charge is 2.36. The Bertz CT molecular complexity index is 382. The van der Waals surface area contributed by atoms with Gasteiger partial charge in [-0.3, -0.25) is 0 Å². The van der Waals surface area contributed by atoms with Crippen LogP contribution in [0.3, 0.4) is 0 Å². The van der Waals surface area contributed by atoms with E-state index in [1.165, 1.54) is 31.2 Å². The third-order valence-electron chi connectivity index (χ3n) is 3.57. The number of hydrogen-bond donors (Lipinski definition) is 1. The Kier molecular flexibility index (Phi) is 2.29. The minimum absolute atomic E-state index is 0.00746. The zero-order chi connectivity index (χ0) is 10.3. The quantitative estimate of drug-likeness (QED) is 0.716. The molecule has 1 saturated heterocycles. The third kappa shape index (κ3) is 1.60. The van der Waals surface area contributed by atoms with Crippen LogP contribution in [-0.4, -0.2) is 13.2 Å². The van der Waals surface area contributed by atoms with Gasteiger partial charge in [0.2, 0.25) is 0 Å². The van der Waals surface area contributed by atoms with Crippen LogP contribution in [0.25, 0.3) is 0 Å². The number of ether oxygens (including phenoxy) is 1. The van der Waals surface area contributed by atoms with Crippen molar-refractivity contribution in [3.63, 3.8) is 0 Å². The average Bonchev–Trinajstić information content (AvgIpc) is 2.25. The largest absolute Gasteiger partial charge is 0.378 e. The summed E-state index contributed by atoms with van der Waals surface area (Å²) in [6, 6.07) is 6.88. The number of thiol groups is 1. The van der Waals surface area contributed by atoms with Crippen molar-refractivity contribution < 1.29 is 4.74 Å². The number of fused-ring (bicyclic) bond motifs is 1. The molecule has 1 aliphatic heterocycles. The lowest BCUT2D eigenvalue weighted by Gasteiger charge is -2.38. The topological polar surface area (TPSA) is 9.23 Å². The third-order valence-corrected chi connectivity index (χ3v) is 4.08. The lowest BCUT2D eigenvalue weighted by atomic mass is 9.86. The highest BCUT2D eigenvalue weighted by atomic mass is 32.1. The first-order valence-corrected chi connectivity index (χ1v) is 6.15. The smallest absolute Gasteiger partial charge is 0.0844 e. The summed E-state index contributed by atoms with van der Waals surface area (Å²) in [5.74, 6) is 0. The van der Waals surface area contributed by atoms with Crippen LogP contribution in [0.5, 0.6) is 0 Å². The minimum atomic E-state index is -0.00746. The van der Waals surface area contributed by atoms with Crippen molar-refractivity contribution in [2.75, 3.05) is 13.2 Å². The molecule has 80 valence electrons. The van der Waals surface area contributed by atoms with E-state index in [0.29, 0.717) is 0 Å². The average molecular weight is 220 g/mol. The van der Waals surface area contributed by atoms with Gasteiger partial charge in [0.05, 0.1) is 18.0 Å². The van der Waals surface area contributed by atoms with E-state index in [1.54, 1.807) is 11.1 Å². The zero-order valence-corrected chi connectivity index (χ0v) is 9.72. The molecule has 1 aromatic rings. The van der Waals surface area contributed by atoms with E-state index < -0.39 is 0 Å². The van der Waals surface area contributed by atoms with E-state index in [9.17, 15) is 0 Å². The predicted molar refractivity (Wildman–Crippen MR) is 64.6 cm³/mol. The van der Waals surface area contributed by atoms with Crippen molar-refractivity contribution in [2.45, 2.75) is 30.4 Å². The first kappa shape index (κ1) is 9.73. The first-order valence-electron chi connectivity index (χ1n) is 5.70. The molecule has 15 heavy (non-hydrogen) atoms. The predicted octanol–water partition coefficient (Wildman–Crippen LogP) is 2.72. The molecule has 0 bridgehead atoms. The van der Waals surface area contributed by atoms with Crippen LogP contribution in [0, 0.1) is 0 Å². The van der Waals surface area contributed by atoms with Crippen LogP contribution < -0.4 is 0 Å². The van der Waals surface area contributed by atoms with Gasteiger partial charge in [-0.2, -0.15) is 12.6 Å². The monoisotopic (exact) mass is 220 g/mol.